The van der Waals surface area contributed by atoms with E-state index in [4.69, 9.17) is 15.9 Å². The van der Waals surface area contributed by atoms with Crippen LogP contribution in [-0.4, -0.2) is 19.5 Å². The summed E-state index contributed by atoms with van der Waals surface area (Å²) in [7, 11) is 0. The summed E-state index contributed by atoms with van der Waals surface area (Å²) in [4.78, 5) is 0. The Morgan fingerprint density at radius 3 is 2.39 bits per heavy atom. The van der Waals surface area contributed by atoms with Gasteiger partial charge in [0.15, 0.2) is 6.29 Å². The number of rotatable bonds is 5. The van der Waals surface area contributed by atoms with Gasteiger partial charge in [0.1, 0.15) is 0 Å². The highest BCUT2D eigenvalue weighted by Gasteiger charge is 2.22. The van der Waals surface area contributed by atoms with E-state index in [0.717, 1.165) is 42.9 Å². The monoisotopic (exact) mass is 313 g/mol. The van der Waals surface area contributed by atoms with Crippen molar-refractivity contribution in [1.29, 1.82) is 0 Å². The molecule has 124 valence electrons. The van der Waals surface area contributed by atoms with Gasteiger partial charge in [0.25, 0.3) is 0 Å². The zero-order chi connectivity index (χ0) is 16.8. The van der Waals surface area contributed by atoms with Crippen LogP contribution in [0.2, 0.25) is 0 Å². The highest BCUT2D eigenvalue weighted by molar-refractivity contribution is 5.60. The molecule has 1 N–H and O–H groups in total. The number of aryl methyl sites for hydroxylation is 2. The third-order valence-electron chi connectivity index (χ3n) is 4.09. The van der Waals surface area contributed by atoms with Gasteiger partial charge < -0.3 is 14.8 Å². The fourth-order valence-corrected chi connectivity index (χ4v) is 2.87. The van der Waals surface area contributed by atoms with E-state index in [1.807, 2.05) is 0 Å². The molecule has 1 aliphatic rings. The van der Waals surface area contributed by atoms with Gasteiger partial charge in [-0.25, -0.2) is 0 Å². The molecular formula is C20H27NO2. The molecule has 0 saturated carbocycles. The van der Waals surface area contributed by atoms with Crippen molar-refractivity contribution in [2.24, 2.45) is 5.92 Å². The Bertz CT molecular complexity index is 578. The third kappa shape index (κ3) is 5.13. The Kier molecular flexibility index (Phi) is 6.27. The maximum Gasteiger partial charge on any atom is 0.161 e. The first-order valence-corrected chi connectivity index (χ1v) is 8.18. The Balaban J connectivity index is 1.92. The van der Waals surface area contributed by atoms with Crippen molar-refractivity contribution < 1.29 is 9.47 Å². The molecule has 0 radical (unpaired) electrons. The van der Waals surface area contributed by atoms with Gasteiger partial charge >= 0.3 is 0 Å². The first-order valence-electron chi connectivity index (χ1n) is 8.18. The highest BCUT2D eigenvalue weighted by atomic mass is 16.7. The molecule has 23 heavy (non-hydrogen) atoms. The van der Waals surface area contributed by atoms with Crippen molar-refractivity contribution in [3.05, 3.63) is 40.5 Å². The molecule has 1 fully saturated rings. The Labute approximate surface area is 140 Å². The van der Waals surface area contributed by atoms with Crippen molar-refractivity contribution in [2.45, 2.75) is 46.8 Å². The van der Waals surface area contributed by atoms with Crippen LogP contribution in [0.15, 0.2) is 23.8 Å². The maximum atomic E-state index is 5.88. The molecule has 0 aromatic heterocycles. The van der Waals surface area contributed by atoms with E-state index in [1.54, 1.807) is 0 Å². The summed E-state index contributed by atoms with van der Waals surface area (Å²) in [5.41, 5.74) is 5.88. The lowest BCUT2D eigenvalue weighted by atomic mass is 10.0. The molecule has 1 aromatic rings. The van der Waals surface area contributed by atoms with Gasteiger partial charge in [-0.2, -0.15) is 0 Å². The summed E-state index contributed by atoms with van der Waals surface area (Å²) in [5, 5.41) is 2.96. The van der Waals surface area contributed by atoms with Crippen LogP contribution in [0.4, 0.5) is 5.69 Å². The van der Waals surface area contributed by atoms with Gasteiger partial charge in [-0.05, 0) is 50.8 Å². The van der Waals surface area contributed by atoms with E-state index >= 15 is 0 Å². The molecule has 1 saturated heterocycles. The second kappa shape index (κ2) is 8.19. The normalized spacial score (nSPS) is 20.7. The van der Waals surface area contributed by atoms with E-state index in [0.29, 0.717) is 5.92 Å². The smallest absolute Gasteiger partial charge is 0.161 e. The predicted octanol–water partition coefficient (Wildman–Crippen LogP) is 4.19. The maximum absolute atomic E-state index is 5.88. The van der Waals surface area contributed by atoms with E-state index in [1.165, 1.54) is 11.1 Å². The molecule has 1 heterocycles. The molecule has 0 spiro atoms. The number of anilines is 1. The van der Waals surface area contributed by atoms with Crippen LogP contribution in [-0.2, 0) is 15.9 Å². The second-order valence-electron chi connectivity index (χ2n) is 6.56. The van der Waals surface area contributed by atoms with Gasteiger partial charge in [0, 0.05) is 18.4 Å². The molecule has 3 nitrogen and oxygen atoms in total. The molecular weight excluding hydrogens is 286 g/mol. The van der Waals surface area contributed by atoms with Gasteiger partial charge in [0.05, 0.1) is 18.9 Å². The van der Waals surface area contributed by atoms with Gasteiger partial charge in [-0.1, -0.05) is 30.2 Å². The lowest BCUT2D eigenvalue weighted by molar-refractivity contribution is -0.198. The average molecular weight is 313 g/mol. The average Bonchev–Trinajstić information content (AvgIpc) is 2.50. The van der Waals surface area contributed by atoms with Gasteiger partial charge in [-0.15, -0.1) is 0 Å². The molecule has 0 unspecified atom stereocenters. The van der Waals surface area contributed by atoms with Crippen LogP contribution in [0.3, 0.4) is 0 Å². The van der Waals surface area contributed by atoms with Crippen molar-refractivity contribution in [2.75, 3.05) is 18.5 Å². The van der Waals surface area contributed by atoms with E-state index < -0.39 is 0 Å². The van der Waals surface area contributed by atoms with Crippen molar-refractivity contribution in [3.63, 3.8) is 0 Å². The van der Waals surface area contributed by atoms with Crippen LogP contribution in [0, 0.1) is 32.2 Å². The number of benzene rings is 1. The minimum atomic E-state index is -0.150. The Hall–Kier alpha value is -1.76. The summed E-state index contributed by atoms with van der Waals surface area (Å²) < 4.78 is 11.8. The van der Waals surface area contributed by atoms with E-state index in [2.05, 4.69) is 57.3 Å². The lowest BCUT2D eigenvalue weighted by Crippen LogP contribution is -2.33. The quantitative estimate of drug-likeness (QED) is 0.502. The van der Waals surface area contributed by atoms with Crippen LogP contribution >= 0.6 is 0 Å². The third-order valence-corrected chi connectivity index (χ3v) is 4.09. The van der Waals surface area contributed by atoms with E-state index in [9.17, 15) is 0 Å². The first kappa shape index (κ1) is 17.6. The largest absolute Gasteiger partial charge is 0.352 e. The Morgan fingerprint density at radius 2 is 1.87 bits per heavy atom. The van der Waals surface area contributed by atoms with Crippen LogP contribution in [0.5, 0.6) is 0 Å². The molecule has 0 atom stereocenters. The standard InChI is InChI=1S/C20H27NO2/c1-6-21-20-15(4)9-18(10-16(20)5)11-19-22-12-17(13-23-19)8-7-14(2)3/h1,7,9-10,17,19,21H,8,11-13H2,2-5H3. The number of terminal acetylenes is 1. The number of allylic oxidation sites excluding steroid dienone is 2. The summed E-state index contributed by atoms with van der Waals surface area (Å²) in [6, 6.07) is 6.78. The minimum absolute atomic E-state index is 0.150. The number of hydrogen-bond donors (Lipinski definition) is 1. The molecule has 0 amide bonds. The van der Waals surface area contributed by atoms with Crippen molar-refractivity contribution in [3.8, 4) is 12.5 Å². The summed E-state index contributed by atoms with van der Waals surface area (Å²) >= 11 is 0. The molecule has 0 bridgehead atoms. The zero-order valence-corrected chi connectivity index (χ0v) is 14.6. The first-order chi connectivity index (χ1) is 11.0. The zero-order valence-electron chi connectivity index (χ0n) is 14.6. The highest BCUT2D eigenvalue weighted by Crippen LogP contribution is 2.24. The number of hydrogen-bond acceptors (Lipinski definition) is 3. The van der Waals surface area contributed by atoms with E-state index in [-0.39, 0.29) is 6.29 Å². The Morgan fingerprint density at radius 1 is 1.26 bits per heavy atom. The summed E-state index contributed by atoms with van der Waals surface area (Å²) in [5.74, 6) is 0.465. The topological polar surface area (TPSA) is 30.5 Å². The number of ether oxygens (including phenoxy) is 2. The lowest BCUT2D eigenvalue weighted by Gasteiger charge is -2.29. The molecule has 2 rings (SSSR count). The molecule has 1 aliphatic heterocycles. The van der Waals surface area contributed by atoms with Crippen molar-refractivity contribution in [1.82, 2.24) is 0 Å². The van der Waals surface area contributed by atoms with Gasteiger partial charge in [0.2, 0.25) is 0 Å². The van der Waals surface area contributed by atoms with Gasteiger partial charge in [-0.3, -0.25) is 0 Å². The summed E-state index contributed by atoms with van der Waals surface area (Å²) in [6.45, 7) is 9.90. The second-order valence-corrected chi connectivity index (χ2v) is 6.56. The fourth-order valence-electron chi connectivity index (χ4n) is 2.87. The molecule has 3 heteroatoms. The van der Waals surface area contributed by atoms with Crippen LogP contribution in [0.1, 0.15) is 37.0 Å². The van der Waals surface area contributed by atoms with Crippen LogP contribution < -0.4 is 5.32 Å². The van der Waals surface area contributed by atoms with Crippen LogP contribution in [0.25, 0.3) is 0 Å². The molecule has 1 aromatic carbocycles. The fraction of sp³-hybridized carbons (Fsp3) is 0.500. The number of nitrogens with one attached hydrogen (secondary N) is 1. The minimum Gasteiger partial charge on any atom is -0.352 e. The predicted molar refractivity (Wildman–Crippen MR) is 95.3 cm³/mol. The SMILES string of the molecule is C#CNc1c(C)cc(CC2OCC(CC=C(C)C)CO2)cc1C. The summed E-state index contributed by atoms with van der Waals surface area (Å²) in [6.07, 6.45) is 9.24. The van der Waals surface area contributed by atoms with Crippen molar-refractivity contribution >= 4 is 5.69 Å². The molecule has 0 aliphatic carbocycles.